The number of ether oxygens (including phenoxy) is 1. The number of hydrogen-bond donors (Lipinski definition) is 0. The van der Waals surface area contributed by atoms with Gasteiger partial charge in [0, 0.05) is 30.8 Å². The number of aryl methyl sites for hydroxylation is 1. The summed E-state index contributed by atoms with van der Waals surface area (Å²) in [4.78, 5) is 14.0. The fraction of sp³-hybridized carbons (Fsp3) is 0.526. The van der Waals surface area contributed by atoms with Gasteiger partial charge in [-0.1, -0.05) is 11.6 Å². The van der Waals surface area contributed by atoms with E-state index in [9.17, 15) is 4.79 Å². The van der Waals surface area contributed by atoms with Crippen LogP contribution in [0.1, 0.15) is 45.2 Å². The molecule has 4 nitrogen and oxygen atoms in total. The van der Waals surface area contributed by atoms with Gasteiger partial charge >= 0.3 is 6.09 Å². The molecule has 124 valence electrons. The highest BCUT2D eigenvalue weighted by molar-refractivity contribution is 5.81. The molecule has 0 aliphatic carbocycles. The summed E-state index contributed by atoms with van der Waals surface area (Å²) in [5.41, 5.74) is 2.14. The monoisotopic (exact) mass is 314 g/mol. The Labute approximate surface area is 138 Å². The summed E-state index contributed by atoms with van der Waals surface area (Å²) in [5, 5.41) is 1.29. The van der Waals surface area contributed by atoms with Crippen LogP contribution >= 0.6 is 0 Å². The number of benzene rings is 1. The molecule has 0 unspecified atom stereocenters. The Kier molecular flexibility index (Phi) is 4.09. The number of rotatable bonds is 1. The van der Waals surface area contributed by atoms with Crippen molar-refractivity contribution in [1.29, 1.82) is 0 Å². The fourth-order valence-corrected chi connectivity index (χ4v) is 3.25. The normalized spacial score (nSPS) is 16.8. The SMILES string of the molecule is Cc1ccc2c(ccn2C2CCN(C(=O)OC(C)(C)C)CC2)c1. The van der Waals surface area contributed by atoms with Gasteiger partial charge in [0.15, 0.2) is 0 Å². The number of aromatic nitrogens is 1. The number of piperidine rings is 1. The van der Waals surface area contributed by atoms with Crippen molar-refractivity contribution in [2.24, 2.45) is 0 Å². The Balaban J connectivity index is 1.67. The molecule has 0 saturated carbocycles. The molecular weight excluding hydrogens is 288 g/mol. The van der Waals surface area contributed by atoms with Gasteiger partial charge in [-0.25, -0.2) is 4.79 Å². The van der Waals surface area contributed by atoms with Crippen molar-refractivity contribution in [3.8, 4) is 0 Å². The molecule has 2 heterocycles. The molecule has 1 fully saturated rings. The smallest absolute Gasteiger partial charge is 0.410 e. The number of nitrogens with zero attached hydrogens (tertiary/aromatic N) is 2. The molecule has 23 heavy (non-hydrogen) atoms. The van der Waals surface area contributed by atoms with Gasteiger partial charge in [-0.2, -0.15) is 0 Å². The molecule has 1 aromatic heterocycles. The molecule has 0 atom stereocenters. The summed E-state index contributed by atoms with van der Waals surface area (Å²) >= 11 is 0. The lowest BCUT2D eigenvalue weighted by Crippen LogP contribution is -2.42. The predicted molar refractivity (Wildman–Crippen MR) is 92.8 cm³/mol. The third-order valence-corrected chi connectivity index (χ3v) is 4.39. The highest BCUT2D eigenvalue weighted by atomic mass is 16.6. The van der Waals surface area contributed by atoms with Crippen LogP contribution in [0.3, 0.4) is 0 Å². The van der Waals surface area contributed by atoms with E-state index in [1.807, 2.05) is 25.7 Å². The zero-order chi connectivity index (χ0) is 16.6. The molecule has 1 aliphatic rings. The number of carbonyl (C=O) groups is 1. The van der Waals surface area contributed by atoms with Gasteiger partial charge in [0.25, 0.3) is 0 Å². The van der Waals surface area contributed by atoms with Crippen LogP contribution in [0.15, 0.2) is 30.5 Å². The van der Waals surface area contributed by atoms with Crippen molar-refractivity contribution < 1.29 is 9.53 Å². The van der Waals surface area contributed by atoms with Gasteiger partial charge in [0.2, 0.25) is 0 Å². The second kappa shape index (κ2) is 5.91. The van der Waals surface area contributed by atoms with Crippen LogP contribution in [-0.4, -0.2) is 34.3 Å². The lowest BCUT2D eigenvalue weighted by atomic mass is 10.0. The van der Waals surface area contributed by atoms with Crippen LogP contribution in [0.25, 0.3) is 10.9 Å². The van der Waals surface area contributed by atoms with Gasteiger partial charge in [-0.3, -0.25) is 0 Å². The molecule has 0 spiro atoms. The van der Waals surface area contributed by atoms with E-state index in [1.54, 1.807) is 0 Å². The first kappa shape index (κ1) is 15.9. The maximum absolute atomic E-state index is 12.2. The van der Waals surface area contributed by atoms with Crippen molar-refractivity contribution in [3.05, 3.63) is 36.0 Å². The standard InChI is InChI=1S/C19H26N2O2/c1-14-5-6-17-15(13-14)7-12-21(17)16-8-10-20(11-9-16)18(22)23-19(2,3)4/h5-7,12-13,16H,8-11H2,1-4H3. The first-order valence-electron chi connectivity index (χ1n) is 8.38. The minimum absolute atomic E-state index is 0.191. The van der Waals surface area contributed by atoms with Crippen LogP contribution in [0, 0.1) is 6.92 Å². The van der Waals surface area contributed by atoms with Crippen LogP contribution in [0.5, 0.6) is 0 Å². The van der Waals surface area contributed by atoms with E-state index in [-0.39, 0.29) is 6.09 Å². The molecule has 4 heteroatoms. The van der Waals surface area contributed by atoms with Gasteiger partial charge in [-0.05, 0) is 64.1 Å². The fourth-order valence-electron chi connectivity index (χ4n) is 3.25. The van der Waals surface area contributed by atoms with E-state index in [0.29, 0.717) is 6.04 Å². The van der Waals surface area contributed by atoms with Gasteiger partial charge < -0.3 is 14.2 Å². The van der Waals surface area contributed by atoms with E-state index in [2.05, 4.69) is 42.0 Å². The van der Waals surface area contributed by atoms with Crippen LogP contribution in [0.2, 0.25) is 0 Å². The highest BCUT2D eigenvalue weighted by Gasteiger charge is 2.27. The first-order valence-corrected chi connectivity index (χ1v) is 8.38. The molecule has 1 saturated heterocycles. The van der Waals surface area contributed by atoms with Crippen LogP contribution < -0.4 is 0 Å². The van der Waals surface area contributed by atoms with E-state index >= 15 is 0 Å². The summed E-state index contributed by atoms with van der Waals surface area (Å²) in [5.74, 6) is 0. The summed E-state index contributed by atoms with van der Waals surface area (Å²) in [7, 11) is 0. The Morgan fingerprint density at radius 3 is 2.52 bits per heavy atom. The topological polar surface area (TPSA) is 34.5 Å². The van der Waals surface area contributed by atoms with Crippen LogP contribution in [-0.2, 0) is 4.74 Å². The molecule has 0 N–H and O–H groups in total. The lowest BCUT2D eigenvalue weighted by Gasteiger charge is -2.34. The second-order valence-electron chi connectivity index (χ2n) is 7.48. The molecule has 0 radical (unpaired) electrons. The summed E-state index contributed by atoms with van der Waals surface area (Å²) in [6.07, 6.45) is 3.93. The van der Waals surface area contributed by atoms with Gasteiger partial charge in [0.05, 0.1) is 0 Å². The Bertz CT molecular complexity index is 704. The number of carbonyl (C=O) groups excluding carboxylic acids is 1. The van der Waals surface area contributed by atoms with Crippen molar-refractivity contribution in [3.63, 3.8) is 0 Å². The zero-order valence-corrected chi connectivity index (χ0v) is 14.5. The van der Waals surface area contributed by atoms with Gasteiger partial charge in [0.1, 0.15) is 5.60 Å². The largest absolute Gasteiger partial charge is 0.444 e. The highest BCUT2D eigenvalue weighted by Crippen LogP contribution is 2.28. The lowest BCUT2D eigenvalue weighted by molar-refractivity contribution is 0.0190. The third-order valence-electron chi connectivity index (χ3n) is 4.39. The molecule has 3 rings (SSSR count). The third kappa shape index (κ3) is 3.52. The van der Waals surface area contributed by atoms with E-state index < -0.39 is 5.60 Å². The molecule has 1 aliphatic heterocycles. The minimum Gasteiger partial charge on any atom is -0.444 e. The summed E-state index contributed by atoms with van der Waals surface area (Å²) in [6.45, 7) is 9.36. The van der Waals surface area contributed by atoms with E-state index in [1.165, 1.54) is 16.5 Å². The van der Waals surface area contributed by atoms with E-state index in [4.69, 9.17) is 4.74 Å². The van der Waals surface area contributed by atoms with Crippen LogP contribution in [0.4, 0.5) is 4.79 Å². The summed E-state index contributed by atoms with van der Waals surface area (Å²) < 4.78 is 7.83. The summed E-state index contributed by atoms with van der Waals surface area (Å²) in [6, 6.07) is 9.22. The minimum atomic E-state index is -0.428. The molecule has 2 aromatic rings. The van der Waals surface area contributed by atoms with Crippen molar-refractivity contribution in [2.45, 2.75) is 52.2 Å². The number of fused-ring (bicyclic) bond motifs is 1. The van der Waals surface area contributed by atoms with Gasteiger partial charge in [-0.15, -0.1) is 0 Å². The van der Waals surface area contributed by atoms with Crippen molar-refractivity contribution >= 4 is 17.0 Å². The van der Waals surface area contributed by atoms with Crippen molar-refractivity contribution in [2.75, 3.05) is 13.1 Å². The molecular formula is C19H26N2O2. The maximum Gasteiger partial charge on any atom is 0.410 e. The van der Waals surface area contributed by atoms with E-state index in [0.717, 1.165) is 25.9 Å². The predicted octanol–water partition coefficient (Wildman–Crippen LogP) is 4.52. The molecule has 1 amide bonds. The second-order valence-corrected chi connectivity index (χ2v) is 7.48. The molecule has 1 aromatic carbocycles. The Morgan fingerprint density at radius 2 is 1.87 bits per heavy atom. The Hall–Kier alpha value is -1.97. The Morgan fingerprint density at radius 1 is 1.17 bits per heavy atom. The first-order chi connectivity index (χ1) is 10.8. The molecule has 0 bridgehead atoms. The quantitative estimate of drug-likeness (QED) is 0.775. The zero-order valence-electron chi connectivity index (χ0n) is 14.5. The number of amides is 1. The number of likely N-dealkylation sites (tertiary alicyclic amines) is 1. The average molecular weight is 314 g/mol. The number of hydrogen-bond acceptors (Lipinski definition) is 2. The van der Waals surface area contributed by atoms with Crippen molar-refractivity contribution in [1.82, 2.24) is 9.47 Å². The average Bonchev–Trinajstić information content (AvgIpc) is 2.88. The maximum atomic E-state index is 12.2.